The average molecular weight is 326 g/mol. The lowest BCUT2D eigenvalue weighted by molar-refractivity contribution is 0.150. The van der Waals surface area contributed by atoms with Gasteiger partial charge in [0.1, 0.15) is 10.7 Å². The predicted molar refractivity (Wildman–Crippen MR) is 54.2 cm³/mol. The van der Waals surface area contributed by atoms with Gasteiger partial charge in [0.25, 0.3) is 6.43 Å². The third-order valence-corrected chi connectivity index (χ3v) is 2.89. The second kappa shape index (κ2) is 4.80. The first-order valence-electron chi connectivity index (χ1n) is 3.53. The number of halogens is 4. The van der Waals surface area contributed by atoms with Gasteiger partial charge in [0, 0.05) is 22.7 Å². The quantitative estimate of drug-likeness (QED) is 0.616. The Morgan fingerprint density at radius 2 is 2.21 bits per heavy atom. The van der Waals surface area contributed by atoms with Crippen LogP contribution in [0, 0.1) is 11.3 Å². The number of hydrogen-bond acceptors (Lipinski definition) is 2. The van der Waals surface area contributed by atoms with Crippen molar-refractivity contribution in [2.75, 3.05) is 0 Å². The zero-order valence-corrected chi connectivity index (χ0v) is 9.94. The van der Waals surface area contributed by atoms with E-state index in [0.29, 0.717) is 10.2 Å². The standard InChI is InChI=1S/C8H4Br2F2N2/c9-1-5-6(8(11)12)4(2-13)3-14-7(5)10/h3,8H,1H2. The highest BCUT2D eigenvalue weighted by molar-refractivity contribution is 9.10. The Morgan fingerprint density at radius 1 is 1.57 bits per heavy atom. The van der Waals surface area contributed by atoms with E-state index in [4.69, 9.17) is 5.26 Å². The van der Waals surface area contributed by atoms with Crippen LogP contribution in [0.15, 0.2) is 10.8 Å². The van der Waals surface area contributed by atoms with Gasteiger partial charge in [-0.05, 0) is 15.9 Å². The monoisotopic (exact) mass is 324 g/mol. The van der Waals surface area contributed by atoms with E-state index in [-0.39, 0.29) is 16.5 Å². The van der Waals surface area contributed by atoms with Gasteiger partial charge in [-0.2, -0.15) is 5.26 Å². The lowest BCUT2D eigenvalue weighted by Gasteiger charge is -2.09. The molecule has 74 valence electrons. The minimum absolute atomic E-state index is 0.0855. The fourth-order valence-electron chi connectivity index (χ4n) is 1.01. The zero-order chi connectivity index (χ0) is 10.7. The van der Waals surface area contributed by atoms with E-state index in [9.17, 15) is 8.78 Å². The van der Waals surface area contributed by atoms with Crippen LogP contribution < -0.4 is 0 Å². The second-order valence-corrected chi connectivity index (χ2v) is 3.71. The summed E-state index contributed by atoms with van der Waals surface area (Å²) in [6.45, 7) is 0. The molecule has 0 bridgehead atoms. The van der Waals surface area contributed by atoms with Gasteiger partial charge in [-0.1, -0.05) is 15.9 Å². The van der Waals surface area contributed by atoms with Gasteiger partial charge in [0.2, 0.25) is 0 Å². The molecular formula is C8H4Br2F2N2. The maximum Gasteiger partial charge on any atom is 0.265 e. The topological polar surface area (TPSA) is 36.7 Å². The van der Waals surface area contributed by atoms with Gasteiger partial charge in [-0.3, -0.25) is 0 Å². The molecule has 0 saturated heterocycles. The Hall–Kier alpha value is -0.540. The number of aromatic nitrogens is 1. The van der Waals surface area contributed by atoms with Crippen LogP contribution in [0.3, 0.4) is 0 Å². The molecule has 2 nitrogen and oxygen atoms in total. The first-order chi connectivity index (χ1) is 6.61. The van der Waals surface area contributed by atoms with Crippen molar-refractivity contribution in [1.82, 2.24) is 4.98 Å². The van der Waals surface area contributed by atoms with Crippen molar-refractivity contribution < 1.29 is 8.78 Å². The largest absolute Gasteiger partial charge is 0.265 e. The van der Waals surface area contributed by atoms with Gasteiger partial charge in [-0.15, -0.1) is 0 Å². The Labute approximate surface area is 96.2 Å². The van der Waals surface area contributed by atoms with Crippen molar-refractivity contribution in [2.24, 2.45) is 0 Å². The van der Waals surface area contributed by atoms with Gasteiger partial charge in [0.05, 0.1) is 5.56 Å². The summed E-state index contributed by atoms with van der Waals surface area (Å²) in [6.07, 6.45) is -1.53. The van der Waals surface area contributed by atoms with Crippen LogP contribution in [0.25, 0.3) is 0 Å². The van der Waals surface area contributed by atoms with Crippen LogP contribution >= 0.6 is 31.9 Å². The van der Waals surface area contributed by atoms with E-state index in [2.05, 4.69) is 36.8 Å². The Bertz CT molecular complexity index is 388. The zero-order valence-electron chi connectivity index (χ0n) is 6.77. The highest BCUT2D eigenvalue weighted by atomic mass is 79.9. The maximum atomic E-state index is 12.6. The fraction of sp³-hybridized carbons (Fsp3) is 0.250. The second-order valence-electron chi connectivity index (χ2n) is 2.40. The highest BCUT2D eigenvalue weighted by Crippen LogP contribution is 2.31. The van der Waals surface area contributed by atoms with Gasteiger partial charge >= 0.3 is 0 Å². The summed E-state index contributed by atoms with van der Waals surface area (Å²) in [6, 6.07) is 1.69. The number of nitriles is 1. The number of alkyl halides is 3. The molecule has 0 N–H and O–H groups in total. The molecule has 0 unspecified atom stereocenters. The molecule has 6 heteroatoms. The summed E-state index contributed by atoms with van der Waals surface area (Å²) in [5.41, 5.74) is -0.0250. The number of pyridine rings is 1. The van der Waals surface area contributed by atoms with Crippen molar-refractivity contribution >= 4 is 31.9 Å². The molecule has 14 heavy (non-hydrogen) atoms. The van der Waals surface area contributed by atoms with Crippen molar-refractivity contribution in [3.05, 3.63) is 27.5 Å². The van der Waals surface area contributed by atoms with Gasteiger partial charge in [-0.25, -0.2) is 13.8 Å². The fourth-order valence-corrected chi connectivity index (χ4v) is 2.41. The summed E-state index contributed by atoms with van der Waals surface area (Å²) in [5.74, 6) is 0. The summed E-state index contributed by atoms with van der Waals surface area (Å²) < 4.78 is 25.6. The van der Waals surface area contributed by atoms with Crippen molar-refractivity contribution in [3.63, 3.8) is 0 Å². The maximum absolute atomic E-state index is 12.6. The summed E-state index contributed by atoms with van der Waals surface area (Å²) >= 11 is 6.13. The highest BCUT2D eigenvalue weighted by Gasteiger charge is 2.20. The summed E-state index contributed by atoms with van der Waals surface area (Å²) in [4.78, 5) is 3.79. The van der Waals surface area contributed by atoms with E-state index < -0.39 is 6.43 Å². The van der Waals surface area contributed by atoms with Crippen LogP contribution in [0.5, 0.6) is 0 Å². The van der Waals surface area contributed by atoms with Crippen LogP contribution in [-0.2, 0) is 5.33 Å². The Balaban J connectivity index is 3.46. The third-order valence-electron chi connectivity index (χ3n) is 1.64. The minimum Gasteiger partial charge on any atom is -0.248 e. The molecule has 1 aromatic heterocycles. The molecule has 0 spiro atoms. The van der Waals surface area contributed by atoms with Gasteiger partial charge in [0.15, 0.2) is 0 Å². The van der Waals surface area contributed by atoms with Crippen LogP contribution in [-0.4, -0.2) is 4.98 Å². The minimum atomic E-state index is -2.67. The number of hydrogen-bond donors (Lipinski definition) is 0. The number of nitrogens with zero attached hydrogens (tertiary/aromatic N) is 2. The van der Waals surface area contributed by atoms with Gasteiger partial charge < -0.3 is 0 Å². The van der Waals surface area contributed by atoms with Crippen molar-refractivity contribution in [3.8, 4) is 6.07 Å². The predicted octanol–water partition coefficient (Wildman–Crippen LogP) is 3.55. The molecule has 1 heterocycles. The van der Waals surface area contributed by atoms with E-state index in [1.165, 1.54) is 0 Å². The molecule has 0 saturated carbocycles. The van der Waals surface area contributed by atoms with E-state index >= 15 is 0 Å². The Kier molecular flexibility index (Phi) is 3.96. The molecule has 0 radical (unpaired) electrons. The van der Waals surface area contributed by atoms with E-state index in [0.717, 1.165) is 6.20 Å². The summed E-state index contributed by atoms with van der Waals surface area (Å²) in [5, 5.41) is 8.86. The molecular weight excluding hydrogens is 322 g/mol. The molecule has 0 aliphatic carbocycles. The third kappa shape index (κ3) is 2.10. The first kappa shape index (κ1) is 11.5. The number of rotatable bonds is 2. The molecule has 0 amide bonds. The van der Waals surface area contributed by atoms with E-state index in [1.807, 2.05) is 0 Å². The Morgan fingerprint density at radius 3 is 2.64 bits per heavy atom. The molecule has 1 aromatic rings. The molecule has 0 aromatic carbocycles. The normalized spacial score (nSPS) is 10.3. The molecule has 0 atom stereocenters. The first-order valence-corrected chi connectivity index (χ1v) is 5.44. The lowest BCUT2D eigenvalue weighted by Crippen LogP contribution is -2.00. The average Bonchev–Trinajstić information content (AvgIpc) is 2.17. The molecule has 0 aliphatic heterocycles. The smallest absolute Gasteiger partial charge is 0.248 e. The molecule has 1 rings (SSSR count). The summed E-state index contributed by atoms with van der Waals surface area (Å²) in [7, 11) is 0. The SMILES string of the molecule is N#Cc1cnc(Br)c(CBr)c1C(F)F. The lowest BCUT2D eigenvalue weighted by atomic mass is 10.1. The van der Waals surface area contributed by atoms with E-state index in [1.54, 1.807) is 6.07 Å². The van der Waals surface area contributed by atoms with Crippen LogP contribution in [0.4, 0.5) is 8.78 Å². The molecule has 0 fully saturated rings. The molecule has 0 aliphatic rings. The van der Waals surface area contributed by atoms with Crippen molar-refractivity contribution in [1.29, 1.82) is 5.26 Å². The van der Waals surface area contributed by atoms with Crippen molar-refractivity contribution in [2.45, 2.75) is 11.8 Å². The van der Waals surface area contributed by atoms with Crippen LogP contribution in [0.1, 0.15) is 23.1 Å². The van der Waals surface area contributed by atoms with Crippen LogP contribution in [0.2, 0.25) is 0 Å².